The van der Waals surface area contributed by atoms with Gasteiger partial charge in [-0.2, -0.15) is 5.10 Å². The maximum Gasteiger partial charge on any atom is 0.329 e. The molecule has 3 N–H and O–H groups in total. The lowest BCUT2D eigenvalue weighted by molar-refractivity contribution is -0.136. The van der Waals surface area contributed by atoms with Crippen LogP contribution in [0.2, 0.25) is 0 Å². The first-order valence-corrected chi connectivity index (χ1v) is 12.3. The van der Waals surface area contributed by atoms with Crippen LogP contribution in [0, 0.1) is 6.92 Å². The Balaban J connectivity index is 1.66. The van der Waals surface area contributed by atoms with Gasteiger partial charge in [-0.05, 0) is 54.7 Å². The van der Waals surface area contributed by atoms with E-state index in [1.54, 1.807) is 24.3 Å². The van der Waals surface area contributed by atoms with Crippen LogP contribution in [0.4, 0.5) is 11.4 Å². The van der Waals surface area contributed by atoms with Gasteiger partial charge in [0.2, 0.25) is 0 Å². The molecule has 0 aliphatic rings. The third kappa shape index (κ3) is 7.19. The number of hydrogen-bond donors (Lipinski definition) is 3. The van der Waals surface area contributed by atoms with Gasteiger partial charge in [-0.25, -0.2) is 5.43 Å². The summed E-state index contributed by atoms with van der Waals surface area (Å²) in [6, 6.07) is 18.2. The van der Waals surface area contributed by atoms with E-state index < -0.39 is 11.8 Å². The minimum Gasteiger partial charge on any atom is -0.493 e. The first kappa shape index (κ1) is 27.9. The number of amides is 3. The molecule has 0 radical (unpaired) electrons. The molecule has 0 aliphatic heterocycles. The van der Waals surface area contributed by atoms with Crippen molar-refractivity contribution in [3.8, 4) is 11.5 Å². The van der Waals surface area contributed by atoms with Crippen LogP contribution in [0.5, 0.6) is 11.5 Å². The second-order valence-corrected chi connectivity index (χ2v) is 8.34. The van der Waals surface area contributed by atoms with Crippen LogP contribution in [0.1, 0.15) is 36.1 Å². The average Bonchev–Trinajstić information content (AvgIpc) is 2.93. The molecule has 3 aromatic carbocycles. The summed E-state index contributed by atoms with van der Waals surface area (Å²) >= 11 is 0. The number of para-hydroxylation sites is 3. The molecule has 0 aromatic heterocycles. The summed E-state index contributed by atoms with van der Waals surface area (Å²) in [5, 5.41) is 9.42. The molecule has 198 valence electrons. The van der Waals surface area contributed by atoms with Crippen LogP contribution in [0.15, 0.2) is 65.8 Å². The number of carbonyl (C=O) groups excluding carboxylic acids is 3. The van der Waals surface area contributed by atoms with Crippen molar-refractivity contribution in [3.05, 3.63) is 82.9 Å². The Bertz CT molecular complexity index is 1310. The molecule has 0 unspecified atom stereocenters. The van der Waals surface area contributed by atoms with Crippen molar-refractivity contribution in [2.75, 3.05) is 24.4 Å². The quantitative estimate of drug-likeness (QED) is 0.212. The van der Waals surface area contributed by atoms with Crippen LogP contribution < -0.4 is 25.5 Å². The van der Waals surface area contributed by atoms with E-state index in [0.717, 1.165) is 16.7 Å². The Morgan fingerprint density at radius 2 is 1.55 bits per heavy atom. The van der Waals surface area contributed by atoms with Gasteiger partial charge < -0.3 is 20.1 Å². The highest BCUT2D eigenvalue weighted by Crippen LogP contribution is 2.30. The monoisotopic (exact) mass is 516 g/mol. The van der Waals surface area contributed by atoms with Gasteiger partial charge in [0, 0.05) is 16.9 Å². The fraction of sp³-hybridized carbons (Fsp3) is 0.241. The molecule has 0 fully saturated rings. The van der Waals surface area contributed by atoms with E-state index in [-0.39, 0.29) is 18.3 Å². The lowest BCUT2D eigenvalue weighted by Gasteiger charge is -2.14. The van der Waals surface area contributed by atoms with Crippen LogP contribution in [-0.4, -0.2) is 37.7 Å². The molecular weight excluding hydrogens is 484 g/mol. The summed E-state index contributed by atoms with van der Waals surface area (Å²) in [4.78, 5) is 37.4. The molecule has 0 atom stereocenters. The number of hydrogen-bond acceptors (Lipinski definition) is 6. The predicted molar refractivity (Wildman–Crippen MR) is 148 cm³/mol. The molecular formula is C29H32N4O5. The number of carbonyl (C=O) groups is 3. The van der Waals surface area contributed by atoms with E-state index in [1.807, 2.05) is 57.2 Å². The van der Waals surface area contributed by atoms with Crippen molar-refractivity contribution in [1.29, 1.82) is 0 Å². The lowest BCUT2D eigenvalue weighted by atomic mass is 10.0. The van der Waals surface area contributed by atoms with E-state index in [9.17, 15) is 14.4 Å². The van der Waals surface area contributed by atoms with Gasteiger partial charge in [-0.1, -0.05) is 56.3 Å². The topological polar surface area (TPSA) is 118 Å². The second kappa shape index (κ2) is 13.6. The largest absolute Gasteiger partial charge is 0.493 e. The van der Waals surface area contributed by atoms with Crippen molar-refractivity contribution < 1.29 is 23.9 Å². The minimum atomic E-state index is -0.919. The van der Waals surface area contributed by atoms with Crippen LogP contribution in [0.25, 0.3) is 0 Å². The Hall–Kier alpha value is -4.66. The zero-order valence-electron chi connectivity index (χ0n) is 22.0. The maximum absolute atomic E-state index is 12.5. The molecule has 0 aliphatic carbocycles. The average molecular weight is 517 g/mol. The molecule has 3 aromatic rings. The van der Waals surface area contributed by atoms with Crippen molar-refractivity contribution in [2.45, 2.75) is 33.6 Å². The highest BCUT2D eigenvalue weighted by Gasteiger charge is 2.17. The summed E-state index contributed by atoms with van der Waals surface area (Å²) in [5.41, 5.74) is 6.83. The molecule has 0 saturated heterocycles. The van der Waals surface area contributed by atoms with Crippen molar-refractivity contribution in [3.63, 3.8) is 0 Å². The summed E-state index contributed by atoms with van der Waals surface area (Å²) in [5.74, 6) is -1.45. The highest BCUT2D eigenvalue weighted by molar-refractivity contribution is 6.39. The zero-order chi connectivity index (χ0) is 27.5. The molecule has 0 heterocycles. The van der Waals surface area contributed by atoms with E-state index >= 15 is 0 Å². The Kier molecular flexibility index (Phi) is 9.99. The third-order valence-corrected chi connectivity index (χ3v) is 5.81. The fourth-order valence-corrected chi connectivity index (χ4v) is 3.77. The van der Waals surface area contributed by atoms with Gasteiger partial charge in [0.1, 0.15) is 0 Å². The molecule has 9 nitrogen and oxygen atoms in total. The number of nitrogens with zero attached hydrogens (tertiary/aromatic N) is 1. The van der Waals surface area contributed by atoms with Crippen molar-refractivity contribution in [2.24, 2.45) is 5.10 Å². The molecule has 0 saturated carbocycles. The zero-order valence-corrected chi connectivity index (χ0v) is 22.0. The van der Waals surface area contributed by atoms with E-state index in [4.69, 9.17) is 9.47 Å². The number of ether oxygens (including phenoxy) is 2. The molecule has 9 heteroatoms. The van der Waals surface area contributed by atoms with Gasteiger partial charge >= 0.3 is 11.8 Å². The number of rotatable bonds is 10. The normalized spacial score (nSPS) is 10.6. The first-order chi connectivity index (χ1) is 18.4. The molecule has 3 amide bonds. The van der Waals surface area contributed by atoms with E-state index in [0.29, 0.717) is 35.5 Å². The smallest absolute Gasteiger partial charge is 0.329 e. The van der Waals surface area contributed by atoms with Crippen LogP contribution in [-0.2, 0) is 27.2 Å². The molecule has 3 rings (SSSR count). The number of hydrazone groups is 1. The van der Waals surface area contributed by atoms with Gasteiger partial charge in [0.15, 0.2) is 18.1 Å². The Labute approximate surface area is 222 Å². The number of aryl methyl sites for hydroxylation is 3. The SMILES string of the molecule is CCc1cccc(CC)c1NC(=O)C(=O)N/N=C\c1cccc(OC)c1OCC(=O)Nc1ccccc1C. The predicted octanol–water partition coefficient (Wildman–Crippen LogP) is 4.23. The first-order valence-electron chi connectivity index (χ1n) is 12.3. The summed E-state index contributed by atoms with van der Waals surface area (Å²) in [7, 11) is 1.47. The number of methoxy groups -OCH3 is 1. The number of nitrogens with one attached hydrogen (secondary N) is 3. The maximum atomic E-state index is 12.5. The highest BCUT2D eigenvalue weighted by atomic mass is 16.5. The second-order valence-electron chi connectivity index (χ2n) is 8.34. The van der Waals surface area contributed by atoms with Gasteiger partial charge in [-0.15, -0.1) is 0 Å². The number of anilines is 2. The fourth-order valence-electron chi connectivity index (χ4n) is 3.77. The molecule has 0 bridgehead atoms. The summed E-state index contributed by atoms with van der Waals surface area (Å²) in [6.07, 6.45) is 2.75. The molecule has 0 spiro atoms. The van der Waals surface area contributed by atoms with Crippen LogP contribution >= 0.6 is 0 Å². The van der Waals surface area contributed by atoms with Gasteiger partial charge in [-0.3, -0.25) is 14.4 Å². The number of benzene rings is 3. The summed E-state index contributed by atoms with van der Waals surface area (Å²) < 4.78 is 11.1. The van der Waals surface area contributed by atoms with Gasteiger partial charge in [0.25, 0.3) is 5.91 Å². The Morgan fingerprint density at radius 1 is 0.868 bits per heavy atom. The van der Waals surface area contributed by atoms with E-state index in [2.05, 4.69) is 21.2 Å². The standard InChI is InChI=1S/C29H32N4O5/c1-5-20-12-9-13-21(6-2)26(20)32-28(35)29(36)33-30-17-22-14-10-16-24(37-4)27(22)38-18-25(34)31-23-15-8-7-11-19(23)3/h7-17H,5-6,18H2,1-4H3,(H,31,34)(H,32,35)(H,33,36)/b30-17-. The van der Waals surface area contributed by atoms with E-state index in [1.165, 1.54) is 13.3 Å². The van der Waals surface area contributed by atoms with Gasteiger partial charge in [0.05, 0.1) is 13.3 Å². The Morgan fingerprint density at radius 3 is 2.21 bits per heavy atom. The summed E-state index contributed by atoms with van der Waals surface area (Å²) in [6.45, 7) is 5.58. The third-order valence-electron chi connectivity index (χ3n) is 5.81. The van der Waals surface area contributed by atoms with Crippen molar-refractivity contribution in [1.82, 2.24) is 5.43 Å². The molecule has 38 heavy (non-hydrogen) atoms. The van der Waals surface area contributed by atoms with Crippen molar-refractivity contribution >= 4 is 35.3 Å². The van der Waals surface area contributed by atoms with Crippen LogP contribution in [0.3, 0.4) is 0 Å². The minimum absolute atomic E-state index is 0.266. The lowest BCUT2D eigenvalue weighted by Crippen LogP contribution is -2.33.